The maximum absolute atomic E-state index is 5.94. The number of aromatic nitrogens is 1. The number of thiazole rings is 1. The predicted molar refractivity (Wildman–Crippen MR) is 70.5 cm³/mol. The highest BCUT2D eigenvalue weighted by Crippen LogP contribution is 2.22. The summed E-state index contributed by atoms with van der Waals surface area (Å²) in [7, 11) is 0. The highest BCUT2D eigenvalue weighted by atomic mass is 35.5. The SMILES string of the molecule is Cc1cc(OCc2csc(CN)n2)ccc1Cl. The number of nitrogens with zero attached hydrogens (tertiary/aromatic N) is 1. The summed E-state index contributed by atoms with van der Waals surface area (Å²) in [6.07, 6.45) is 0. The number of nitrogens with two attached hydrogens (primary N) is 1. The van der Waals surface area contributed by atoms with Gasteiger partial charge < -0.3 is 10.5 Å². The fraction of sp³-hybridized carbons (Fsp3) is 0.250. The molecule has 1 aromatic carbocycles. The van der Waals surface area contributed by atoms with Gasteiger partial charge in [0.15, 0.2) is 0 Å². The standard InChI is InChI=1S/C12H13ClN2OS/c1-8-4-10(2-3-11(8)13)16-6-9-7-17-12(5-14)15-9/h2-4,7H,5-6,14H2,1H3. The largest absolute Gasteiger partial charge is 0.487 e. The molecule has 0 saturated carbocycles. The van der Waals surface area contributed by atoms with Crippen molar-refractivity contribution in [2.24, 2.45) is 5.73 Å². The molecule has 0 bridgehead atoms. The Balaban J connectivity index is 1.99. The summed E-state index contributed by atoms with van der Waals surface area (Å²) in [6.45, 7) is 2.88. The first kappa shape index (κ1) is 12.4. The van der Waals surface area contributed by atoms with Crippen molar-refractivity contribution in [2.45, 2.75) is 20.1 Å². The normalized spacial score (nSPS) is 10.5. The molecule has 0 saturated heterocycles. The minimum absolute atomic E-state index is 0.456. The molecule has 0 unspecified atom stereocenters. The summed E-state index contributed by atoms with van der Waals surface area (Å²) in [6, 6.07) is 5.60. The maximum Gasteiger partial charge on any atom is 0.131 e. The van der Waals surface area contributed by atoms with Gasteiger partial charge in [0, 0.05) is 16.9 Å². The summed E-state index contributed by atoms with van der Waals surface area (Å²) in [5.41, 5.74) is 7.41. The zero-order valence-electron chi connectivity index (χ0n) is 9.44. The van der Waals surface area contributed by atoms with Gasteiger partial charge in [-0.05, 0) is 30.7 Å². The third-order valence-corrected chi connectivity index (χ3v) is 3.63. The number of rotatable bonds is 4. The van der Waals surface area contributed by atoms with Gasteiger partial charge in [-0.25, -0.2) is 4.98 Å². The van der Waals surface area contributed by atoms with Crippen molar-refractivity contribution in [1.82, 2.24) is 4.98 Å². The lowest BCUT2D eigenvalue weighted by Gasteiger charge is -2.05. The van der Waals surface area contributed by atoms with E-state index >= 15 is 0 Å². The van der Waals surface area contributed by atoms with E-state index in [1.807, 2.05) is 30.5 Å². The van der Waals surface area contributed by atoms with Crippen LogP contribution < -0.4 is 10.5 Å². The van der Waals surface area contributed by atoms with E-state index in [9.17, 15) is 0 Å². The van der Waals surface area contributed by atoms with Crippen molar-refractivity contribution in [3.63, 3.8) is 0 Å². The number of benzene rings is 1. The molecule has 0 spiro atoms. The number of hydrogen-bond donors (Lipinski definition) is 1. The number of ether oxygens (including phenoxy) is 1. The first-order valence-electron chi connectivity index (χ1n) is 5.21. The average molecular weight is 269 g/mol. The van der Waals surface area contributed by atoms with Gasteiger partial charge in [-0.1, -0.05) is 11.6 Å². The van der Waals surface area contributed by atoms with E-state index < -0.39 is 0 Å². The molecule has 0 aliphatic carbocycles. The highest BCUT2D eigenvalue weighted by Gasteiger charge is 2.03. The molecule has 17 heavy (non-hydrogen) atoms. The Morgan fingerprint density at radius 2 is 2.29 bits per heavy atom. The number of hydrogen-bond acceptors (Lipinski definition) is 4. The van der Waals surface area contributed by atoms with E-state index in [4.69, 9.17) is 22.1 Å². The fourth-order valence-electron chi connectivity index (χ4n) is 1.37. The molecule has 2 aromatic rings. The van der Waals surface area contributed by atoms with Gasteiger partial charge in [-0.2, -0.15) is 0 Å². The Bertz CT molecular complexity index is 513. The number of aryl methyl sites for hydroxylation is 1. The summed E-state index contributed by atoms with van der Waals surface area (Å²) in [4.78, 5) is 4.33. The Morgan fingerprint density at radius 1 is 1.47 bits per heavy atom. The molecule has 0 aliphatic rings. The molecule has 0 aliphatic heterocycles. The second kappa shape index (κ2) is 5.49. The van der Waals surface area contributed by atoms with Gasteiger partial charge in [-0.3, -0.25) is 0 Å². The molecule has 2 N–H and O–H groups in total. The van der Waals surface area contributed by atoms with Crippen LogP contribution in [0.25, 0.3) is 0 Å². The van der Waals surface area contributed by atoms with Crippen LogP contribution in [0.3, 0.4) is 0 Å². The third-order valence-electron chi connectivity index (χ3n) is 2.29. The molecule has 1 heterocycles. The van der Waals surface area contributed by atoms with E-state index in [0.29, 0.717) is 13.2 Å². The topological polar surface area (TPSA) is 48.1 Å². The van der Waals surface area contributed by atoms with Crippen LogP contribution >= 0.6 is 22.9 Å². The van der Waals surface area contributed by atoms with Gasteiger partial charge in [-0.15, -0.1) is 11.3 Å². The summed E-state index contributed by atoms with van der Waals surface area (Å²) >= 11 is 7.49. The van der Waals surface area contributed by atoms with Crippen molar-refractivity contribution >= 4 is 22.9 Å². The van der Waals surface area contributed by atoms with Crippen LogP contribution in [0.2, 0.25) is 5.02 Å². The van der Waals surface area contributed by atoms with E-state index in [-0.39, 0.29) is 0 Å². The van der Waals surface area contributed by atoms with Crippen molar-refractivity contribution in [1.29, 1.82) is 0 Å². The molecular weight excluding hydrogens is 256 g/mol. The Morgan fingerprint density at radius 3 is 2.94 bits per heavy atom. The zero-order chi connectivity index (χ0) is 12.3. The predicted octanol–water partition coefficient (Wildman–Crippen LogP) is 3.14. The van der Waals surface area contributed by atoms with E-state index in [2.05, 4.69) is 4.98 Å². The summed E-state index contributed by atoms with van der Waals surface area (Å²) in [5, 5.41) is 3.64. The minimum Gasteiger partial charge on any atom is -0.487 e. The van der Waals surface area contributed by atoms with E-state index in [1.165, 1.54) is 0 Å². The van der Waals surface area contributed by atoms with Crippen molar-refractivity contribution in [3.05, 3.63) is 44.9 Å². The quantitative estimate of drug-likeness (QED) is 0.927. The average Bonchev–Trinajstić information content (AvgIpc) is 2.79. The van der Waals surface area contributed by atoms with Crippen molar-refractivity contribution < 1.29 is 4.74 Å². The molecule has 0 fully saturated rings. The van der Waals surface area contributed by atoms with Crippen LogP contribution in [0, 0.1) is 6.92 Å². The molecule has 0 radical (unpaired) electrons. The van der Waals surface area contributed by atoms with Crippen molar-refractivity contribution in [3.8, 4) is 5.75 Å². The van der Waals surface area contributed by atoms with Crippen LogP contribution in [-0.2, 0) is 13.2 Å². The molecule has 3 nitrogen and oxygen atoms in total. The van der Waals surface area contributed by atoms with Crippen molar-refractivity contribution in [2.75, 3.05) is 0 Å². The number of halogens is 1. The van der Waals surface area contributed by atoms with E-state index in [0.717, 1.165) is 27.0 Å². The molecule has 0 amide bonds. The van der Waals surface area contributed by atoms with Gasteiger partial charge in [0.05, 0.1) is 5.69 Å². The third kappa shape index (κ3) is 3.19. The molecule has 2 rings (SSSR count). The highest BCUT2D eigenvalue weighted by molar-refractivity contribution is 7.09. The monoisotopic (exact) mass is 268 g/mol. The Labute approximate surface area is 109 Å². The minimum atomic E-state index is 0.456. The smallest absolute Gasteiger partial charge is 0.131 e. The molecular formula is C12H13ClN2OS. The lowest BCUT2D eigenvalue weighted by molar-refractivity contribution is 0.301. The van der Waals surface area contributed by atoms with Crippen LogP contribution in [0.15, 0.2) is 23.6 Å². The maximum atomic E-state index is 5.94. The summed E-state index contributed by atoms with van der Waals surface area (Å²) in [5.74, 6) is 0.800. The first-order chi connectivity index (χ1) is 8.19. The lowest BCUT2D eigenvalue weighted by Crippen LogP contribution is -1.99. The van der Waals surface area contributed by atoms with Crippen LogP contribution in [0.5, 0.6) is 5.75 Å². The van der Waals surface area contributed by atoms with Crippen LogP contribution in [0.1, 0.15) is 16.3 Å². The van der Waals surface area contributed by atoms with Gasteiger partial charge >= 0.3 is 0 Å². The lowest BCUT2D eigenvalue weighted by atomic mass is 10.2. The Kier molecular flexibility index (Phi) is 3.99. The van der Waals surface area contributed by atoms with Gasteiger partial charge in [0.1, 0.15) is 17.4 Å². The van der Waals surface area contributed by atoms with Crippen LogP contribution in [-0.4, -0.2) is 4.98 Å². The van der Waals surface area contributed by atoms with Gasteiger partial charge in [0.2, 0.25) is 0 Å². The van der Waals surface area contributed by atoms with Crippen LogP contribution in [0.4, 0.5) is 0 Å². The molecule has 5 heteroatoms. The fourth-order valence-corrected chi connectivity index (χ4v) is 2.15. The summed E-state index contributed by atoms with van der Waals surface area (Å²) < 4.78 is 5.63. The molecule has 1 aromatic heterocycles. The molecule has 0 atom stereocenters. The van der Waals surface area contributed by atoms with E-state index in [1.54, 1.807) is 11.3 Å². The second-order valence-corrected chi connectivity index (χ2v) is 4.99. The first-order valence-corrected chi connectivity index (χ1v) is 6.47. The molecule has 90 valence electrons. The zero-order valence-corrected chi connectivity index (χ0v) is 11.0. The Hall–Kier alpha value is -1.10. The second-order valence-electron chi connectivity index (χ2n) is 3.64. The van der Waals surface area contributed by atoms with Gasteiger partial charge in [0.25, 0.3) is 0 Å².